The van der Waals surface area contributed by atoms with Gasteiger partial charge in [-0.15, -0.1) is 0 Å². The molecule has 41 heavy (non-hydrogen) atoms. The van der Waals surface area contributed by atoms with Gasteiger partial charge < -0.3 is 41.7 Å². The summed E-state index contributed by atoms with van der Waals surface area (Å²) in [6.07, 6.45) is -6.23. The average molecular weight is 582 g/mol. The predicted octanol–water partition coefficient (Wildman–Crippen LogP) is 1.43. The first-order valence-electron chi connectivity index (χ1n) is 12.3. The summed E-state index contributed by atoms with van der Waals surface area (Å²) in [6, 6.07) is 4.99. The molecule has 2 aromatic carbocycles. The van der Waals surface area contributed by atoms with E-state index in [4.69, 9.17) is 0 Å². The van der Waals surface area contributed by atoms with Gasteiger partial charge in [0.1, 0.15) is 5.75 Å². The normalized spacial score (nSPS) is 16.2. The molecule has 0 fully saturated rings. The number of guanidine groups is 1. The zero-order valence-electron chi connectivity index (χ0n) is 22.0. The summed E-state index contributed by atoms with van der Waals surface area (Å²) in [5.41, 5.74) is -2.95. The van der Waals surface area contributed by atoms with E-state index < -0.39 is 60.2 Å². The van der Waals surface area contributed by atoms with E-state index in [0.717, 1.165) is 12.1 Å². The van der Waals surface area contributed by atoms with Crippen molar-refractivity contribution < 1.29 is 48.0 Å². The number of carbonyl (C=O) groups is 3. The molecule has 1 heterocycles. The van der Waals surface area contributed by atoms with Crippen molar-refractivity contribution in [1.29, 1.82) is 0 Å². The molecule has 1 aliphatic heterocycles. The number of rotatable bonds is 9. The largest absolute Gasteiger partial charge is 0.508 e. The Balaban J connectivity index is 1.74. The van der Waals surface area contributed by atoms with E-state index in [1.807, 2.05) is 0 Å². The Bertz CT molecular complexity index is 1310. The first-order chi connectivity index (χ1) is 19.0. The van der Waals surface area contributed by atoms with Gasteiger partial charge in [0.25, 0.3) is 5.91 Å². The number of halogens is 3. The molecule has 2 atom stereocenters. The molecule has 2 amide bonds. The molecule has 0 spiro atoms. The van der Waals surface area contributed by atoms with Crippen LogP contribution in [0, 0.1) is 0 Å². The van der Waals surface area contributed by atoms with Crippen LogP contribution in [0.4, 0.5) is 18.9 Å². The van der Waals surface area contributed by atoms with Crippen molar-refractivity contribution in [2.24, 2.45) is 4.99 Å². The summed E-state index contributed by atoms with van der Waals surface area (Å²) in [6.45, 7) is 2.25. The number of β-amino-alcohol motifs (C(OH)–C–C–N with tert-alkyl or cyclic N) is 1. The van der Waals surface area contributed by atoms with Crippen molar-refractivity contribution in [1.82, 2.24) is 16.0 Å². The molecular weight excluding hydrogens is 551 g/mol. The maximum Gasteiger partial charge on any atom is 0.416 e. The van der Waals surface area contributed by atoms with E-state index >= 15 is 0 Å². The van der Waals surface area contributed by atoms with Crippen LogP contribution in [-0.4, -0.2) is 69.9 Å². The van der Waals surface area contributed by atoms with Gasteiger partial charge in [0.15, 0.2) is 5.96 Å². The number of hydrogen-bond donors (Lipinski definition) is 8. The number of aromatic hydroxyl groups is 1. The minimum atomic E-state index is -4.81. The zero-order valence-corrected chi connectivity index (χ0v) is 22.0. The van der Waals surface area contributed by atoms with E-state index in [0.29, 0.717) is 12.0 Å². The van der Waals surface area contributed by atoms with Crippen molar-refractivity contribution in [3.63, 3.8) is 0 Å². The molecule has 0 bridgehead atoms. The number of aliphatic hydroxyl groups is 2. The summed E-state index contributed by atoms with van der Waals surface area (Å²) < 4.78 is 40.6. The molecule has 0 radical (unpaired) electrons. The highest BCUT2D eigenvalue weighted by Gasteiger charge is 2.34. The number of amides is 2. The van der Waals surface area contributed by atoms with E-state index in [-0.39, 0.29) is 41.2 Å². The SMILES string of the molecule is CC(C)(O)c1cc(C(CC(=O)O)NC(=O)CNC(=O)c2cc(O)cc(NC3=NCC(O)CN3)c2)cc(C(F)(F)F)c1. The van der Waals surface area contributed by atoms with Gasteiger partial charge in [0.2, 0.25) is 5.91 Å². The number of carboxylic acid groups (broad SMARTS) is 1. The predicted molar refractivity (Wildman–Crippen MR) is 140 cm³/mol. The fraction of sp³-hybridized carbons (Fsp3) is 0.385. The van der Waals surface area contributed by atoms with Crippen LogP contribution in [0.15, 0.2) is 41.4 Å². The van der Waals surface area contributed by atoms with Crippen LogP contribution in [0.5, 0.6) is 5.75 Å². The second kappa shape index (κ2) is 12.4. The van der Waals surface area contributed by atoms with E-state index in [9.17, 15) is 48.0 Å². The topological polar surface area (TPSA) is 193 Å². The van der Waals surface area contributed by atoms with Gasteiger partial charge in [-0.3, -0.25) is 19.4 Å². The summed E-state index contributed by atoms with van der Waals surface area (Å²) >= 11 is 0. The number of alkyl halides is 3. The van der Waals surface area contributed by atoms with Gasteiger partial charge in [0.05, 0.1) is 42.8 Å². The minimum absolute atomic E-state index is 0.0495. The second-order valence-corrected chi connectivity index (χ2v) is 9.92. The number of aliphatic carboxylic acids is 1. The molecule has 1 aliphatic rings. The molecule has 0 aliphatic carbocycles. The third kappa shape index (κ3) is 9.08. The van der Waals surface area contributed by atoms with Gasteiger partial charge in [0, 0.05) is 23.9 Å². The van der Waals surface area contributed by atoms with Crippen molar-refractivity contribution in [2.75, 3.05) is 25.0 Å². The van der Waals surface area contributed by atoms with Gasteiger partial charge in [-0.2, -0.15) is 13.2 Å². The minimum Gasteiger partial charge on any atom is -0.508 e. The first-order valence-corrected chi connectivity index (χ1v) is 12.3. The Kier molecular flexibility index (Phi) is 9.45. The molecule has 2 unspecified atom stereocenters. The van der Waals surface area contributed by atoms with Crippen LogP contribution in [0.3, 0.4) is 0 Å². The second-order valence-electron chi connectivity index (χ2n) is 9.92. The first kappa shape index (κ1) is 31.2. The van der Waals surface area contributed by atoms with Gasteiger partial charge in [-0.05, 0) is 49.2 Å². The van der Waals surface area contributed by atoms with Gasteiger partial charge >= 0.3 is 12.1 Å². The van der Waals surface area contributed by atoms with Crippen LogP contribution >= 0.6 is 0 Å². The van der Waals surface area contributed by atoms with Crippen molar-refractivity contribution in [3.8, 4) is 5.75 Å². The lowest BCUT2D eigenvalue weighted by Crippen LogP contribution is -2.42. The monoisotopic (exact) mass is 581 g/mol. The molecule has 3 rings (SSSR count). The maximum atomic E-state index is 13.5. The lowest BCUT2D eigenvalue weighted by Gasteiger charge is -2.24. The van der Waals surface area contributed by atoms with Gasteiger partial charge in [-0.25, -0.2) is 0 Å². The molecule has 12 nitrogen and oxygen atoms in total. The number of hydrogen-bond acceptors (Lipinski definition) is 9. The Labute approximate surface area is 232 Å². The van der Waals surface area contributed by atoms with Crippen LogP contribution < -0.4 is 21.3 Å². The van der Waals surface area contributed by atoms with Crippen LogP contribution in [0.2, 0.25) is 0 Å². The lowest BCUT2D eigenvalue weighted by atomic mass is 9.91. The fourth-order valence-electron chi connectivity index (χ4n) is 3.87. The molecular formula is C26H30F3N5O7. The molecule has 222 valence electrons. The maximum absolute atomic E-state index is 13.5. The number of phenols is 1. The number of nitrogens with one attached hydrogen (secondary N) is 4. The molecule has 0 saturated heterocycles. The van der Waals surface area contributed by atoms with E-state index in [1.165, 1.54) is 32.0 Å². The Morgan fingerprint density at radius 3 is 2.37 bits per heavy atom. The summed E-state index contributed by atoms with van der Waals surface area (Å²) in [4.78, 5) is 40.8. The van der Waals surface area contributed by atoms with E-state index in [2.05, 4.69) is 26.3 Å². The van der Waals surface area contributed by atoms with Crippen molar-refractivity contribution in [2.45, 2.75) is 44.2 Å². The number of carbonyl (C=O) groups excluding carboxylic acids is 2. The highest BCUT2D eigenvalue weighted by atomic mass is 19.4. The number of nitrogens with zero attached hydrogens (tertiary/aromatic N) is 1. The number of carboxylic acids is 1. The fourth-order valence-corrected chi connectivity index (χ4v) is 3.87. The smallest absolute Gasteiger partial charge is 0.416 e. The molecule has 0 saturated carbocycles. The highest BCUT2D eigenvalue weighted by molar-refractivity contribution is 6.00. The Morgan fingerprint density at radius 2 is 1.78 bits per heavy atom. The third-order valence-corrected chi connectivity index (χ3v) is 5.92. The van der Waals surface area contributed by atoms with Crippen LogP contribution in [-0.2, 0) is 21.4 Å². The molecule has 15 heteroatoms. The highest BCUT2D eigenvalue weighted by Crippen LogP contribution is 2.35. The number of phenolic OH excluding ortho intramolecular Hbond substituents is 1. The lowest BCUT2D eigenvalue weighted by molar-refractivity contribution is -0.138. The van der Waals surface area contributed by atoms with E-state index in [1.54, 1.807) is 0 Å². The quantitative estimate of drug-likeness (QED) is 0.216. The third-order valence-electron chi connectivity index (χ3n) is 5.92. The standard InChI is InChI=1S/C26H30F3N5O7/c1-25(2,41)15-3-13(4-16(7-15)26(27,28)29)20(9-22(38)39)34-21(37)12-30-23(40)14-5-17(8-18(35)6-14)33-24-31-10-19(36)11-32-24/h3-8,19-20,35-36,41H,9-12H2,1-2H3,(H,30,40)(H,34,37)(H,38,39)(H2,31,32,33). The Hall–Kier alpha value is -4.37. The average Bonchev–Trinajstić information content (AvgIpc) is 2.86. The van der Waals surface area contributed by atoms with Crippen LogP contribution in [0.1, 0.15) is 53.4 Å². The Morgan fingerprint density at radius 1 is 1.10 bits per heavy atom. The summed E-state index contributed by atoms with van der Waals surface area (Å²) in [7, 11) is 0. The van der Waals surface area contributed by atoms with Crippen LogP contribution in [0.25, 0.3) is 0 Å². The summed E-state index contributed by atoms with van der Waals surface area (Å²) in [5.74, 6) is -3.07. The summed E-state index contributed by atoms with van der Waals surface area (Å²) in [5, 5.41) is 49.4. The molecule has 8 N–H and O–H groups in total. The molecule has 0 aromatic heterocycles. The number of aliphatic hydroxyl groups excluding tert-OH is 1. The van der Waals surface area contributed by atoms with Gasteiger partial charge in [-0.1, -0.05) is 6.07 Å². The van der Waals surface area contributed by atoms with Crippen molar-refractivity contribution >= 4 is 29.4 Å². The van der Waals surface area contributed by atoms with Crippen molar-refractivity contribution in [3.05, 3.63) is 58.7 Å². The number of anilines is 1. The number of aliphatic imine (C=N–C) groups is 1. The number of benzene rings is 2. The molecule has 2 aromatic rings. The zero-order chi connectivity index (χ0) is 30.5.